The lowest BCUT2D eigenvalue weighted by molar-refractivity contribution is -0.139. The van der Waals surface area contributed by atoms with Gasteiger partial charge >= 0.3 is 12.0 Å². The molecule has 0 aliphatic carbocycles. The molecule has 0 fully saturated rings. The second-order valence-corrected chi connectivity index (χ2v) is 6.80. The normalized spacial score (nSPS) is 19.1. The number of nitrogens with zero attached hydrogens (tertiary/aromatic N) is 1. The molecule has 5 nitrogen and oxygen atoms in total. The summed E-state index contributed by atoms with van der Waals surface area (Å²) in [5.41, 5.74) is 1.09. The van der Waals surface area contributed by atoms with Crippen LogP contribution in [0.1, 0.15) is 24.8 Å². The molecule has 0 saturated heterocycles. The van der Waals surface area contributed by atoms with Crippen molar-refractivity contribution in [2.75, 3.05) is 13.7 Å². The average molecular weight is 359 g/mol. The lowest BCUT2D eigenvalue weighted by Gasteiger charge is -2.32. The van der Waals surface area contributed by atoms with Crippen LogP contribution in [0.25, 0.3) is 0 Å². The van der Waals surface area contributed by atoms with Crippen molar-refractivity contribution in [1.82, 2.24) is 10.2 Å². The zero-order valence-electron chi connectivity index (χ0n) is 11.4. The molecular weight excluding hydrogens is 344 g/mol. The molecular formula is C13H15BrN2O3S. The van der Waals surface area contributed by atoms with Crippen LogP contribution >= 0.6 is 27.3 Å². The number of esters is 1. The topological polar surface area (TPSA) is 58.6 Å². The summed E-state index contributed by atoms with van der Waals surface area (Å²) in [6.45, 7) is 3.81. The lowest BCUT2D eigenvalue weighted by Crippen LogP contribution is -2.46. The summed E-state index contributed by atoms with van der Waals surface area (Å²) < 4.78 is 6.06. The summed E-state index contributed by atoms with van der Waals surface area (Å²) in [6, 6.07) is 3.08. The van der Waals surface area contributed by atoms with Crippen molar-refractivity contribution in [3.63, 3.8) is 0 Å². The van der Waals surface area contributed by atoms with Gasteiger partial charge in [0.25, 0.3) is 0 Å². The third-order valence-corrected chi connectivity index (χ3v) is 4.82. The van der Waals surface area contributed by atoms with E-state index < -0.39 is 12.0 Å². The molecule has 20 heavy (non-hydrogen) atoms. The highest BCUT2D eigenvalue weighted by Gasteiger charge is 2.35. The maximum Gasteiger partial charge on any atom is 0.338 e. The quantitative estimate of drug-likeness (QED) is 0.844. The molecule has 0 saturated carbocycles. The first-order valence-corrected chi connectivity index (χ1v) is 7.74. The van der Waals surface area contributed by atoms with Crippen LogP contribution in [0.5, 0.6) is 0 Å². The van der Waals surface area contributed by atoms with Gasteiger partial charge < -0.3 is 15.0 Å². The minimum absolute atomic E-state index is 0.231. The van der Waals surface area contributed by atoms with Crippen LogP contribution in [0.15, 0.2) is 27.2 Å². The molecule has 2 amide bonds. The van der Waals surface area contributed by atoms with Gasteiger partial charge in [0.2, 0.25) is 0 Å². The number of amides is 2. The Morgan fingerprint density at radius 3 is 2.80 bits per heavy atom. The molecule has 0 radical (unpaired) electrons. The lowest BCUT2D eigenvalue weighted by atomic mass is 10.0. The van der Waals surface area contributed by atoms with Crippen LogP contribution in [-0.2, 0) is 9.53 Å². The highest BCUT2D eigenvalue weighted by Crippen LogP contribution is 2.35. The molecule has 1 aromatic rings. The van der Waals surface area contributed by atoms with Crippen LogP contribution < -0.4 is 5.32 Å². The molecule has 0 unspecified atom stereocenters. The van der Waals surface area contributed by atoms with Gasteiger partial charge in [0.15, 0.2) is 0 Å². The molecule has 2 heterocycles. The van der Waals surface area contributed by atoms with Crippen molar-refractivity contribution in [1.29, 1.82) is 0 Å². The Morgan fingerprint density at radius 1 is 1.55 bits per heavy atom. The first-order valence-electron chi connectivity index (χ1n) is 6.13. The summed E-state index contributed by atoms with van der Waals surface area (Å²) in [7, 11) is 1.63. The van der Waals surface area contributed by atoms with E-state index in [-0.39, 0.29) is 6.03 Å². The Labute approximate surface area is 129 Å². The van der Waals surface area contributed by atoms with E-state index in [2.05, 4.69) is 21.2 Å². The number of hydrogen-bond acceptors (Lipinski definition) is 4. The van der Waals surface area contributed by atoms with Gasteiger partial charge in [-0.1, -0.05) is 0 Å². The predicted molar refractivity (Wildman–Crippen MR) is 80.4 cm³/mol. The van der Waals surface area contributed by atoms with E-state index in [0.717, 1.165) is 8.66 Å². The Balaban J connectivity index is 2.47. The molecule has 1 aliphatic rings. The van der Waals surface area contributed by atoms with Gasteiger partial charge in [-0.2, -0.15) is 0 Å². The number of rotatable bonds is 3. The molecule has 108 valence electrons. The van der Waals surface area contributed by atoms with Gasteiger partial charge in [-0.05, 0) is 41.9 Å². The van der Waals surface area contributed by atoms with Crippen LogP contribution in [-0.4, -0.2) is 30.6 Å². The molecule has 7 heteroatoms. The second kappa shape index (κ2) is 5.97. The molecule has 0 spiro atoms. The fourth-order valence-electron chi connectivity index (χ4n) is 2.01. The molecule has 0 aromatic carbocycles. The number of urea groups is 1. The zero-order valence-corrected chi connectivity index (χ0v) is 13.8. The van der Waals surface area contributed by atoms with E-state index in [1.54, 1.807) is 20.9 Å². The summed E-state index contributed by atoms with van der Waals surface area (Å²) >= 11 is 4.87. The van der Waals surface area contributed by atoms with Crippen molar-refractivity contribution in [3.05, 3.63) is 32.1 Å². The largest absolute Gasteiger partial charge is 0.463 e. The minimum atomic E-state index is -0.464. The molecule has 1 atom stereocenters. The van der Waals surface area contributed by atoms with Gasteiger partial charge in [0, 0.05) is 17.6 Å². The second-order valence-electron chi connectivity index (χ2n) is 4.30. The molecule has 1 N–H and O–H groups in total. The molecule has 2 rings (SSSR count). The fourth-order valence-corrected chi connectivity index (χ4v) is 3.49. The number of hydrogen-bond donors (Lipinski definition) is 1. The third kappa shape index (κ3) is 2.73. The van der Waals surface area contributed by atoms with Crippen LogP contribution in [0, 0.1) is 0 Å². The van der Waals surface area contributed by atoms with Crippen LogP contribution in [0.2, 0.25) is 0 Å². The number of ether oxygens (including phenoxy) is 1. The maximum absolute atomic E-state index is 12.2. The highest BCUT2D eigenvalue weighted by atomic mass is 79.9. The summed E-state index contributed by atoms with van der Waals surface area (Å²) in [4.78, 5) is 26.4. The van der Waals surface area contributed by atoms with Gasteiger partial charge in [0.1, 0.15) is 0 Å². The van der Waals surface area contributed by atoms with Crippen LogP contribution in [0.3, 0.4) is 0 Å². The van der Waals surface area contributed by atoms with Crippen molar-refractivity contribution in [2.24, 2.45) is 0 Å². The Bertz CT molecular complexity index is 582. The van der Waals surface area contributed by atoms with Crippen molar-refractivity contribution in [2.45, 2.75) is 19.9 Å². The Hall–Kier alpha value is -1.34. The van der Waals surface area contributed by atoms with Gasteiger partial charge in [-0.15, -0.1) is 11.3 Å². The molecule has 1 aromatic heterocycles. The van der Waals surface area contributed by atoms with E-state index in [0.29, 0.717) is 17.9 Å². The molecule has 1 aliphatic heterocycles. The minimum Gasteiger partial charge on any atom is -0.463 e. The van der Waals surface area contributed by atoms with Gasteiger partial charge in [-0.25, -0.2) is 9.59 Å². The van der Waals surface area contributed by atoms with E-state index >= 15 is 0 Å². The SMILES string of the molecule is CCOC(=O)C1=C(C)N(C)C(=O)N[C@H]1c1ccc(Br)s1. The average Bonchev–Trinajstić information content (AvgIpc) is 2.82. The zero-order chi connectivity index (χ0) is 14.9. The van der Waals surface area contributed by atoms with E-state index in [4.69, 9.17) is 4.74 Å². The number of nitrogens with one attached hydrogen (secondary N) is 1. The number of carbonyl (C=O) groups excluding carboxylic acids is 2. The fraction of sp³-hybridized carbons (Fsp3) is 0.385. The maximum atomic E-state index is 12.2. The highest BCUT2D eigenvalue weighted by molar-refractivity contribution is 9.11. The number of carbonyl (C=O) groups is 2. The summed E-state index contributed by atoms with van der Waals surface area (Å²) in [5.74, 6) is -0.397. The molecule has 0 bridgehead atoms. The number of allylic oxidation sites excluding steroid dienone is 1. The van der Waals surface area contributed by atoms with Crippen molar-refractivity contribution >= 4 is 39.3 Å². The van der Waals surface area contributed by atoms with Crippen molar-refractivity contribution in [3.8, 4) is 0 Å². The van der Waals surface area contributed by atoms with E-state index in [1.165, 1.54) is 16.2 Å². The number of halogens is 1. The smallest absolute Gasteiger partial charge is 0.338 e. The van der Waals surface area contributed by atoms with Crippen LogP contribution in [0.4, 0.5) is 4.79 Å². The standard InChI is InChI=1S/C13H15BrN2O3S/c1-4-19-12(17)10-7(2)16(3)13(18)15-11(10)8-5-6-9(14)20-8/h5-6,11H,4H2,1-3H3,(H,15,18)/t11-/m0/s1. The summed E-state index contributed by atoms with van der Waals surface area (Å²) in [6.07, 6.45) is 0. The van der Waals surface area contributed by atoms with E-state index in [1.807, 2.05) is 12.1 Å². The van der Waals surface area contributed by atoms with Gasteiger partial charge in [-0.3, -0.25) is 0 Å². The monoisotopic (exact) mass is 358 g/mol. The first-order chi connectivity index (χ1) is 9.45. The first kappa shape index (κ1) is 15.1. The predicted octanol–water partition coefficient (Wildman–Crippen LogP) is 3.04. The Morgan fingerprint density at radius 2 is 2.25 bits per heavy atom. The van der Waals surface area contributed by atoms with E-state index in [9.17, 15) is 9.59 Å². The van der Waals surface area contributed by atoms with Gasteiger partial charge in [0.05, 0.1) is 22.0 Å². The van der Waals surface area contributed by atoms with Crippen molar-refractivity contribution < 1.29 is 14.3 Å². The Kier molecular flexibility index (Phi) is 4.49. The summed E-state index contributed by atoms with van der Waals surface area (Å²) in [5, 5.41) is 2.83. The number of thiophene rings is 1. The third-order valence-electron chi connectivity index (χ3n) is 3.13.